The third-order valence-corrected chi connectivity index (χ3v) is 3.29. The quantitative estimate of drug-likeness (QED) is 0.727. The first-order valence-electron chi connectivity index (χ1n) is 5.78. The Kier molecular flexibility index (Phi) is 5.90. The van der Waals surface area contributed by atoms with E-state index in [4.69, 9.17) is 16.3 Å². The van der Waals surface area contributed by atoms with Crippen molar-refractivity contribution in [3.63, 3.8) is 0 Å². The maximum Gasteiger partial charge on any atom is 0.0826 e. The van der Waals surface area contributed by atoms with E-state index in [0.29, 0.717) is 24.1 Å². The molecule has 0 aromatic carbocycles. The highest BCUT2D eigenvalue weighted by atomic mass is 35.5. The molecule has 1 saturated heterocycles. The van der Waals surface area contributed by atoms with Crippen LogP contribution in [0.25, 0.3) is 0 Å². The highest BCUT2D eigenvalue weighted by molar-refractivity contribution is 6.18. The molecule has 1 N–H and O–H groups in total. The molecule has 1 fully saturated rings. The zero-order valence-electron chi connectivity index (χ0n) is 10.0. The van der Waals surface area contributed by atoms with E-state index < -0.39 is 0 Å². The molecule has 90 valence electrons. The lowest BCUT2D eigenvalue weighted by atomic mass is 10.2. The predicted molar refractivity (Wildman–Crippen MR) is 64.6 cm³/mol. The van der Waals surface area contributed by atoms with E-state index in [1.165, 1.54) is 0 Å². The van der Waals surface area contributed by atoms with Gasteiger partial charge in [-0.15, -0.1) is 11.6 Å². The molecule has 15 heavy (non-hydrogen) atoms. The van der Waals surface area contributed by atoms with Crippen LogP contribution in [-0.2, 0) is 4.74 Å². The largest absolute Gasteiger partial charge is 0.374 e. The SMILES string of the molecule is CC(CCl)NCC1CN(C(C)C)CCO1. The van der Waals surface area contributed by atoms with Gasteiger partial charge in [-0.2, -0.15) is 0 Å². The lowest BCUT2D eigenvalue weighted by molar-refractivity contribution is -0.0377. The molecule has 0 spiro atoms. The second-order valence-corrected chi connectivity index (χ2v) is 4.85. The Morgan fingerprint density at radius 1 is 1.47 bits per heavy atom. The molecule has 0 amide bonds. The summed E-state index contributed by atoms with van der Waals surface area (Å²) in [6.07, 6.45) is 0.312. The second-order valence-electron chi connectivity index (χ2n) is 4.55. The second kappa shape index (κ2) is 6.69. The molecule has 0 saturated carbocycles. The number of ether oxygens (including phenoxy) is 1. The molecule has 3 nitrogen and oxygen atoms in total. The summed E-state index contributed by atoms with van der Waals surface area (Å²) in [4.78, 5) is 2.46. The highest BCUT2D eigenvalue weighted by Gasteiger charge is 2.22. The van der Waals surface area contributed by atoms with E-state index in [0.717, 1.165) is 26.2 Å². The van der Waals surface area contributed by atoms with Gasteiger partial charge in [0.1, 0.15) is 0 Å². The van der Waals surface area contributed by atoms with Crippen molar-refractivity contribution in [2.24, 2.45) is 0 Å². The molecule has 2 unspecified atom stereocenters. The molecule has 4 heteroatoms. The molecule has 0 aliphatic carbocycles. The van der Waals surface area contributed by atoms with Crippen LogP contribution in [0.15, 0.2) is 0 Å². The first-order valence-corrected chi connectivity index (χ1v) is 6.32. The number of morpholine rings is 1. The lowest BCUT2D eigenvalue weighted by Crippen LogP contribution is -2.50. The van der Waals surface area contributed by atoms with E-state index in [1.54, 1.807) is 0 Å². The summed E-state index contributed by atoms with van der Waals surface area (Å²) in [6.45, 7) is 10.4. The van der Waals surface area contributed by atoms with E-state index in [1.807, 2.05) is 0 Å². The van der Waals surface area contributed by atoms with E-state index in [-0.39, 0.29) is 0 Å². The van der Waals surface area contributed by atoms with Crippen LogP contribution in [0.1, 0.15) is 20.8 Å². The Balaban J connectivity index is 2.24. The zero-order valence-corrected chi connectivity index (χ0v) is 10.8. The smallest absolute Gasteiger partial charge is 0.0826 e. The van der Waals surface area contributed by atoms with Gasteiger partial charge < -0.3 is 10.1 Å². The fraction of sp³-hybridized carbons (Fsp3) is 1.00. The summed E-state index contributed by atoms with van der Waals surface area (Å²) >= 11 is 5.74. The average Bonchev–Trinajstić information content (AvgIpc) is 2.26. The number of nitrogens with zero attached hydrogens (tertiary/aromatic N) is 1. The summed E-state index contributed by atoms with van der Waals surface area (Å²) in [5, 5.41) is 3.38. The Bertz CT molecular complexity index is 178. The summed E-state index contributed by atoms with van der Waals surface area (Å²) in [7, 11) is 0. The van der Waals surface area contributed by atoms with Gasteiger partial charge >= 0.3 is 0 Å². The fourth-order valence-corrected chi connectivity index (χ4v) is 1.83. The van der Waals surface area contributed by atoms with Crippen molar-refractivity contribution in [3.05, 3.63) is 0 Å². The number of alkyl halides is 1. The van der Waals surface area contributed by atoms with Crippen molar-refractivity contribution in [1.82, 2.24) is 10.2 Å². The van der Waals surface area contributed by atoms with E-state index >= 15 is 0 Å². The van der Waals surface area contributed by atoms with Gasteiger partial charge in [-0.05, 0) is 20.8 Å². The minimum absolute atomic E-state index is 0.312. The van der Waals surface area contributed by atoms with Gasteiger partial charge in [0.05, 0.1) is 12.7 Å². The first kappa shape index (κ1) is 13.2. The van der Waals surface area contributed by atoms with Crippen molar-refractivity contribution in [2.45, 2.75) is 39.0 Å². The Morgan fingerprint density at radius 2 is 2.20 bits per heavy atom. The summed E-state index contributed by atoms with van der Waals surface area (Å²) < 4.78 is 5.71. The molecule has 0 bridgehead atoms. The highest BCUT2D eigenvalue weighted by Crippen LogP contribution is 2.08. The molecule has 0 aromatic rings. The summed E-state index contributed by atoms with van der Waals surface area (Å²) in [5.41, 5.74) is 0. The van der Waals surface area contributed by atoms with Crippen molar-refractivity contribution in [3.8, 4) is 0 Å². The van der Waals surface area contributed by atoms with Crippen molar-refractivity contribution < 1.29 is 4.74 Å². The average molecular weight is 235 g/mol. The van der Waals surface area contributed by atoms with Gasteiger partial charge in [-0.3, -0.25) is 4.90 Å². The van der Waals surface area contributed by atoms with Gasteiger partial charge in [-0.1, -0.05) is 0 Å². The van der Waals surface area contributed by atoms with Gasteiger partial charge in [0.25, 0.3) is 0 Å². The minimum atomic E-state index is 0.312. The van der Waals surface area contributed by atoms with Gasteiger partial charge in [-0.25, -0.2) is 0 Å². The van der Waals surface area contributed by atoms with Crippen molar-refractivity contribution in [1.29, 1.82) is 0 Å². The van der Waals surface area contributed by atoms with Crippen molar-refractivity contribution in [2.75, 3.05) is 32.1 Å². The molecule has 0 aromatic heterocycles. The maximum atomic E-state index is 5.74. The Labute approximate surface area is 98.1 Å². The van der Waals surface area contributed by atoms with Crippen LogP contribution in [-0.4, -0.2) is 55.2 Å². The van der Waals surface area contributed by atoms with Crippen LogP contribution in [0, 0.1) is 0 Å². The fourth-order valence-electron chi connectivity index (χ4n) is 1.72. The Morgan fingerprint density at radius 3 is 2.80 bits per heavy atom. The number of hydrogen-bond donors (Lipinski definition) is 1. The van der Waals surface area contributed by atoms with Crippen molar-refractivity contribution >= 4 is 11.6 Å². The van der Waals surface area contributed by atoms with Gasteiger partial charge in [0, 0.05) is 37.6 Å². The molecular formula is C11H23ClN2O. The van der Waals surface area contributed by atoms with E-state index in [2.05, 4.69) is 31.0 Å². The third kappa shape index (κ3) is 4.68. The number of halogens is 1. The van der Waals surface area contributed by atoms with Gasteiger partial charge in [0.15, 0.2) is 0 Å². The molecule has 1 aliphatic heterocycles. The summed E-state index contributed by atoms with van der Waals surface area (Å²) in [6, 6.07) is 0.978. The standard InChI is InChI=1S/C11H23ClN2O/c1-9(2)14-4-5-15-11(8-14)7-13-10(3)6-12/h9-11,13H,4-8H2,1-3H3. The van der Waals surface area contributed by atoms with E-state index in [9.17, 15) is 0 Å². The number of hydrogen-bond acceptors (Lipinski definition) is 3. The van der Waals surface area contributed by atoms with Crippen LogP contribution in [0.5, 0.6) is 0 Å². The predicted octanol–water partition coefficient (Wildman–Crippen LogP) is 1.31. The molecule has 1 heterocycles. The molecule has 1 rings (SSSR count). The molecule has 2 atom stereocenters. The molecule has 0 radical (unpaired) electrons. The number of nitrogens with one attached hydrogen (secondary N) is 1. The molecular weight excluding hydrogens is 212 g/mol. The monoisotopic (exact) mass is 234 g/mol. The maximum absolute atomic E-state index is 5.74. The lowest BCUT2D eigenvalue weighted by Gasteiger charge is -2.35. The topological polar surface area (TPSA) is 24.5 Å². The normalized spacial score (nSPS) is 25.8. The van der Waals surface area contributed by atoms with Crippen LogP contribution >= 0.6 is 11.6 Å². The zero-order chi connectivity index (χ0) is 11.3. The minimum Gasteiger partial charge on any atom is -0.374 e. The van der Waals surface area contributed by atoms with Crippen LogP contribution in [0.4, 0.5) is 0 Å². The van der Waals surface area contributed by atoms with Gasteiger partial charge in [0.2, 0.25) is 0 Å². The summed E-state index contributed by atoms with van der Waals surface area (Å²) in [5.74, 6) is 0.653. The number of rotatable bonds is 5. The van der Waals surface area contributed by atoms with Crippen LogP contribution in [0.3, 0.4) is 0 Å². The first-order chi connectivity index (χ1) is 7.13. The Hall–Kier alpha value is 0.170. The third-order valence-electron chi connectivity index (χ3n) is 2.83. The van der Waals surface area contributed by atoms with Crippen LogP contribution in [0.2, 0.25) is 0 Å². The molecule has 1 aliphatic rings. The van der Waals surface area contributed by atoms with Crippen LogP contribution < -0.4 is 5.32 Å².